The summed E-state index contributed by atoms with van der Waals surface area (Å²) in [6.07, 6.45) is 0. The van der Waals surface area contributed by atoms with Crippen molar-refractivity contribution < 1.29 is 28.2 Å². The number of carboxylic acid groups (broad SMARTS) is 2. The Morgan fingerprint density at radius 3 is 2.13 bits per heavy atom. The van der Waals surface area contributed by atoms with Crippen LogP contribution in [0.2, 0.25) is 0 Å². The molecule has 15 heavy (non-hydrogen) atoms. The zero-order valence-electron chi connectivity index (χ0n) is 6.85. The molecule has 0 aliphatic rings. The Morgan fingerprint density at radius 2 is 1.80 bits per heavy atom. The zero-order valence-corrected chi connectivity index (χ0v) is 7.67. The minimum Gasteiger partial charge on any atom is -0.476 e. The number of hydrogen-bond donors (Lipinski definition) is 3. The minimum absolute atomic E-state index is 0.168. The fraction of sp³-hybridized carbons (Fsp3) is 0. The predicted octanol–water partition coefficient (Wildman–Crippen LogP) is -2.27. The summed E-state index contributed by atoms with van der Waals surface area (Å²) >= 11 is 0. The van der Waals surface area contributed by atoms with E-state index in [4.69, 9.17) is 10.2 Å². The van der Waals surface area contributed by atoms with E-state index in [1.54, 1.807) is 0 Å². The first-order chi connectivity index (χ1) is 6.75. The monoisotopic (exact) mass is 236 g/mol. The van der Waals surface area contributed by atoms with Crippen LogP contribution in [0.4, 0.5) is 0 Å². The van der Waals surface area contributed by atoms with Crippen LogP contribution in [0.25, 0.3) is 0 Å². The summed E-state index contributed by atoms with van der Waals surface area (Å²) in [5.41, 5.74) is -2.12. The van der Waals surface area contributed by atoms with Crippen LogP contribution in [0, 0.1) is 0 Å². The van der Waals surface area contributed by atoms with Crippen LogP contribution in [-0.2, 0) is 10.2 Å². The highest BCUT2D eigenvalue weighted by atomic mass is 32.2. The quantitative estimate of drug-likeness (QED) is 0.528. The van der Waals surface area contributed by atoms with Crippen molar-refractivity contribution in [1.82, 2.24) is 14.4 Å². The number of nitrogens with two attached hydrogens (primary N) is 1. The van der Waals surface area contributed by atoms with Gasteiger partial charge in [-0.15, -0.1) is 9.19 Å². The molecule has 1 rings (SSSR count). The predicted molar refractivity (Wildman–Crippen MR) is 42.4 cm³/mol. The van der Waals surface area contributed by atoms with E-state index < -0.39 is 33.5 Å². The molecule has 1 aromatic heterocycles. The lowest BCUT2D eigenvalue weighted by molar-refractivity contribution is 0.0643. The van der Waals surface area contributed by atoms with Gasteiger partial charge in [-0.3, -0.25) is 0 Å². The maximum atomic E-state index is 10.8. The second-order valence-corrected chi connectivity index (χ2v) is 3.66. The molecule has 0 aromatic carbocycles. The summed E-state index contributed by atoms with van der Waals surface area (Å²) in [5.74, 6) is -3.53. The van der Waals surface area contributed by atoms with Crippen LogP contribution in [0.5, 0.6) is 0 Å². The molecule has 0 amide bonds. The molecule has 82 valence electrons. The van der Waals surface area contributed by atoms with E-state index in [0.29, 0.717) is 0 Å². The van der Waals surface area contributed by atoms with Gasteiger partial charge in [0, 0.05) is 0 Å². The Morgan fingerprint density at radius 1 is 1.27 bits per heavy atom. The normalized spacial score (nSPS) is 11.3. The van der Waals surface area contributed by atoms with Crippen LogP contribution in [0.3, 0.4) is 0 Å². The van der Waals surface area contributed by atoms with Crippen molar-refractivity contribution >= 4 is 22.1 Å². The van der Waals surface area contributed by atoms with E-state index >= 15 is 0 Å². The molecule has 0 aliphatic carbocycles. The average molecular weight is 236 g/mol. The molecular formula is C4H4N4O6S. The summed E-state index contributed by atoms with van der Waals surface area (Å²) in [7, 11) is -4.49. The molecule has 0 fully saturated rings. The molecule has 1 aromatic rings. The van der Waals surface area contributed by atoms with Gasteiger partial charge >= 0.3 is 22.1 Å². The molecule has 0 unspecified atom stereocenters. The topological polar surface area (TPSA) is 165 Å². The van der Waals surface area contributed by atoms with E-state index in [2.05, 4.69) is 15.5 Å². The molecule has 0 saturated carbocycles. The van der Waals surface area contributed by atoms with Gasteiger partial charge in [0.1, 0.15) is 0 Å². The lowest BCUT2D eigenvalue weighted by Crippen LogP contribution is -2.27. The highest BCUT2D eigenvalue weighted by molar-refractivity contribution is 7.87. The van der Waals surface area contributed by atoms with Gasteiger partial charge in [-0.1, -0.05) is 0 Å². The van der Waals surface area contributed by atoms with E-state index in [1.165, 1.54) is 0 Å². The molecule has 0 spiro atoms. The third kappa shape index (κ3) is 1.92. The van der Waals surface area contributed by atoms with Gasteiger partial charge in [0.05, 0.1) is 0 Å². The summed E-state index contributed by atoms with van der Waals surface area (Å²) in [6.45, 7) is 0. The number of carbonyl (C=O) groups is 2. The van der Waals surface area contributed by atoms with Crippen LogP contribution in [0.1, 0.15) is 21.0 Å². The molecular weight excluding hydrogens is 232 g/mol. The third-order valence-electron chi connectivity index (χ3n) is 1.29. The smallest absolute Gasteiger partial charge is 0.359 e. The van der Waals surface area contributed by atoms with Gasteiger partial charge in [0.25, 0.3) is 0 Å². The van der Waals surface area contributed by atoms with E-state index in [0.717, 1.165) is 0 Å². The van der Waals surface area contributed by atoms with Gasteiger partial charge in [-0.2, -0.15) is 8.42 Å². The van der Waals surface area contributed by atoms with Crippen molar-refractivity contribution in [3.8, 4) is 0 Å². The van der Waals surface area contributed by atoms with Gasteiger partial charge < -0.3 is 10.2 Å². The minimum atomic E-state index is -4.49. The number of rotatable bonds is 3. The molecule has 10 nitrogen and oxygen atoms in total. The largest absolute Gasteiger partial charge is 0.476 e. The van der Waals surface area contributed by atoms with E-state index in [1.807, 2.05) is 0 Å². The first-order valence-corrected chi connectivity index (χ1v) is 4.71. The molecule has 0 bridgehead atoms. The summed E-state index contributed by atoms with van der Waals surface area (Å²) in [6, 6.07) is 0. The summed E-state index contributed by atoms with van der Waals surface area (Å²) in [4.78, 5) is 21.0. The highest BCUT2D eigenvalue weighted by Crippen LogP contribution is 2.06. The number of hydrogen-bond acceptors (Lipinski definition) is 6. The standard InChI is InChI=1S/C4H4N4O6S/c5-15(13,14)8-2(4(11)12)1(3(9)10)6-7-8/h(H,9,10)(H,11,12)(H2,5,13,14). The maximum absolute atomic E-state index is 10.8. The maximum Gasteiger partial charge on any atom is 0.359 e. The van der Waals surface area contributed by atoms with Crippen molar-refractivity contribution in [2.45, 2.75) is 0 Å². The van der Waals surface area contributed by atoms with Crippen molar-refractivity contribution in [1.29, 1.82) is 0 Å². The van der Waals surface area contributed by atoms with Gasteiger partial charge in [-0.25, -0.2) is 14.7 Å². The first kappa shape index (κ1) is 11.1. The molecule has 4 N–H and O–H groups in total. The number of aromatic nitrogens is 3. The lowest BCUT2D eigenvalue weighted by Gasteiger charge is -1.98. The Labute approximate surface area is 82.1 Å². The van der Waals surface area contributed by atoms with E-state index in [9.17, 15) is 18.0 Å². The molecule has 0 radical (unpaired) electrons. The zero-order chi connectivity index (χ0) is 11.8. The van der Waals surface area contributed by atoms with Crippen molar-refractivity contribution in [2.24, 2.45) is 5.14 Å². The number of nitrogens with zero attached hydrogens (tertiary/aromatic N) is 3. The van der Waals surface area contributed by atoms with Crippen LogP contribution < -0.4 is 5.14 Å². The first-order valence-electron chi connectivity index (χ1n) is 3.20. The van der Waals surface area contributed by atoms with Crippen molar-refractivity contribution in [3.63, 3.8) is 0 Å². The Kier molecular flexibility index (Phi) is 2.43. The van der Waals surface area contributed by atoms with Crippen LogP contribution in [-0.4, -0.2) is 45.0 Å². The lowest BCUT2D eigenvalue weighted by atomic mass is 10.3. The summed E-state index contributed by atoms with van der Waals surface area (Å²) in [5, 5.41) is 27.3. The van der Waals surface area contributed by atoms with Gasteiger partial charge in [0.2, 0.25) is 5.69 Å². The van der Waals surface area contributed by atoms with Crippen LogP contribution in [0.15, 0.2) is 0 Å². The SMILES string of the molecule is NS(=O)(=O)n1nnc(C(=O)O)c1C(=O)O. The second-order valence-electron chi connectivity index (χ2n) is 2.28. The van der Waals surface area contributed by atoms with Crippen molar-refractivity contribution in [3.05, 3.63) is 11.4 Å². The molecule has 0 saturated heterocycles. The average Bonchev–Trinajstić information content (AvgIpc) is 2.45. The van der Waals surface area contributed by atoms with Gasteiger partial charge in [0.15, 0.2) is 5.69 Å². The Balaban J connectivity index is 3.59. The van der Waals surface area contributed by atoms with Crippen LogP contribution >= 0.6 is 0 Å². The molecule has 11 heteroatoms. The highest BCUT2D eigenvalue weighted by Gasteiger charge is 2.29. The van der Waals surface area contributed by atoms with Crippen molar-refractivity contribution in [2.75, 3.05) is 0 Å². The second kappa shape index (κ2) is 3.29. The fourth-order valence-corrected chi connectivity index (χ4v) is 1.33. The Bertz CT molecular complexity index is 529. The van der Waals surface area contributed by atoms with E-state index in [-0.39, 0.29) is 4.09 Å². The third-order valence-corrected chi connectivity index (χ3v) is 2.03. The molecule has 0 aliphatic heterocycles. The number of carboxylic acids is 2. The summed E-state index contributed by atoms with van der Waals surface area (Å²) < 4.78 is 21.4. The molecule has 1 heterocycles. The molecule has 0 atom stereocenters. The number of aromatic carboxylic acids is 2. The van der Waals surface area contributed by atoms with Gasteiger partial charge in [-0.05, 0) is 5.21 Å². The fourth-order valence-electron chi connectivity index (χ4n) is 0.773. The Hall–Kier alpha value is -2.01.